The van der Waals surface area contributed by atoms with Crippen LogP contribution in [0.4, 0.5) is 0 Å². The maximum absolute atomic E-state index is 11.8. The number of nitrogen functional groups attached to an aromatic ring is 1. The van der Waals surface area contributed by atoms with E-state index in [0.717, 1.165) is 38.0 Å². The number of amides is 2. The third-order valence-electron chi connectivity index (χ3n) is 4.42. The molecule has 2 aliphatic rings. The second-order valence-electron chi connectivity index (χ2n) is 5.71. The van der Waals surface area contributed by atoms with E-state index in [1.165, 1.54) is 0 Å². The minimum atomic E-state index is -0.286. The topological polar surface area (TPSA) is 87.5 Å². The number of rotatable bonds is 3. The van der Waals surface area contributed by atoms with Crippen LogP contribution in [0, 0.1) is 5.92 Å². The number of carbonyl (C=O) groups excluding carboxylic acids is 2. The van der Waals surface area contributed by atoms with Crippen molar-refractivity contribution in [3.63, 3.8) is 0 Å². The second-order valence-corrected chi connectivity index (χ2v) is 5.71. The van der Waals surface area contributed by atoms with E-state index in [1.54, 1.807) is 6.07 Å². The smallest absolute Gasteiger partial charge is 0.265 e. The minimum absolute atomic E-state index is 0.120. The van der Waals surface area contributed by atoms with Crippen molar-refractivity contribution in [1.29, 1.82) is 0 Å². The summed E-state index contributed by atoms with van der Waals surface area (Å²) in [7, 11) is 0. The van der Waals surface area contributed by atoms with Gasteiger partial charge >= 0.3 is 0 Å². The van der Waals surface area contributed by atoms with Crippen LogP contribution in [0.3, 0.4) is 0 Å². The maximum Gasteiger partial charge on any atom is 0.265 e. The first-order valence-corrected chi connectivity index (χ1v) is 7.30. The normalized spacial score (nSPS) is 25.3. The van der Waals surface area contributed by atoms with Gasteiger partial charge in [-0.1, -0.05) is 12.1 Å². The number of hydrogen-bond acceptors (Lipinski definition) is 4. The summed E-state index contributed by atoms with van der Waals surface area (Å²) in [6, 6.07) is 7.74. The monoisotopic (exact) mass is 288 g/mol. The van der Waals surface area contributed by atoms with Gasteiger partial charge in [0.25, 0.3) is 5.91 Å². The summed E-state index contributed by atoms with van der Waals surface area (Å²) in [6.45, 7) is 2.47. The summed E-state index contributed by atoms with van der Waals surface area (Å²) in [5.74, 6) is 5.18. The molecule has 0 saturated carbocycles. The molecule has 2 fully saturated rings. The average Bonchev–Trinajstić information content (AvgIpc) is 2.89. The lowest BCUT2D eigenvalue weighted by atomic mass is 9.91. The summed E-state index contributed by atoms with van der Waals surface area (Å²) in [4.78, 5) is 25.7. The van der Waals surface area contributed by atoms with E-state index in [9.17, 15) is 9.59 Å². The maximum atomic E-state index is 11.8. The van der Waals surface area contributed by atoms with Gasteiger partial charge in [0, 0.05) is 24.7 Å². The van der Waals surface area contributed by atoms with Gasteiger partial charge in [0.05, 0.1) is 5.92 Å². The van der Waals surface area contributed by atoms with Crippen molar-refractivity contribution < 1.29 is 9.59 Å². The molecular weight excluding hydrogens is 268 g/mol. The molecule has 1 aromatic rings. The zero-order valence-electron chi connectivity index (χ0n) is 11.8. The van der Waals surface area contributed by atoms with Crippen LogP contribution in [0.5, 0.6) is 0 Å². The van der Waals surface area contributed by atoms with Crippen molar-refractivity contribution in [1.82, 2.24) is 15.6 Å². The zero-order chi connectivity index (χ0) is 14.8. The van der Waals surface area contributed by atoms with E-state index < -0.39 is 0 Å². The van der Waals surface area contributed by atoms with Crippen LogP contribution in [0.2, 0.25) is 0 Å². The van der Waals surface area contributed by atoms with Gasteiger partial charge in [-0.25, -0.2) is 5.84 Å². The lowest BCUT2D eigenvalue weighted by molar-refractivity contribution is -0.124. The van der Waals surface area contributed by atoms with E-state index in [4.69, 9.17) is 5.84 Å². The van der Waals surface area contributed by atoms with Gasteiger partial charge in [-0.2, -0.15) is 0 Å². The third-order valence-corrected chi connectivity index (χ3v) is 4.42. The number of nitrogens with zero attached hydrogens (tertiary/aromatic N) is 1. The molecule has 2 amide bonds. The molecule has 0 aliphatic carbocycles. The predicted molar refractivity (Wildman–Crippen MR) is 78.0 cm³/mol. The SMILES string of the molecule is NNC(=O)c1cccc(CN2CCCC3C(=O)NCC32)c1. The number of piperidine rings is 1. The molecule has 3 rings (SSSR count). The van der Waals surface area contributed by atoms with Crippen molar-refractivity contribution in [2.45, 2.75) is 25.4 Å². The predicted octanol–water partition coefficient (Wildman–Crippen LogP) is 0.000500. The Morgan fingerprint density at radius 3 is 3.14 bits per heavy atom. The molecule has 6 nitrogen and oxygen atoms in total. The lowest BCUT2D eigenvalue weighted by Crippen LogP contribution is -2.44. The van der Waals surface area contributed by atoms with Crippen LogP contribution in [0.25, 0.3) is 0 Å². The van der Waals surface area contributed by atoms with Crippen LogP contribution in [-0.2, 0) is 11.3 Å². The molecule has 2 saturated heterocycles. The Kier molecular flexibility index (Phi) is 3.90. The van der Waals surface area contributed by atoms with Gasteiger partial charge in [0.2, 0.25) is 5.91 Å². The molecule has 2 aliphatic heterocycles. The fourth-order valence-electron chi connectivity index (χ4n) is 3.37. The molecule has 0 aromatic heterocycles. The average molecular weight is 288 g/mol. The van der Waals surface area contributed by atoms with Crippen LogP contribution in [0.1, 0.15) is 28.8 Å². The quantitative estimate of drug-likeness (QED) is 0.415. The molecule has 112 valence electrons. The van der Waals surface area contributed by atoms with Crippen molar-refractivity contribution in [3.8, 4) is 0 Å². The molecule has 6 heteroatoms. The lowest BCUT2D eigenvalue weighted by Gasteiger charge is -2.35. The highest BCUT2D eigenvalue weighted by atomic mass is 16.2. The van der Waals surface area contributed by atoms with Crippen molar-refractivity contribution >= 4 is 11.8 Å². The summed E-state index contributed by atoms with van der Waals surface area (Å²) >= 11 is 0. The Hall–Kier alpha value is -1.92. The standard InChI is InChI=1S/C15H20N4O2/c16-18-14(20)11-4-1-3-10(7-11)9-19-6-2-5-12-13(19)8-17-15(12)21/h1,3-4,7,12-13H,2,5-6,8-9,16H2,(H,17,21)(H,18,20). The molecule has 0 spiro atoms. The second kappa shape index (κ2) is 5.83. The van der Waals surface area contributed by atoms with E-state index in [2.05, 4.69) is 15.6 Å². The first-order valence-electron chi connectivity index (χ1n) is 7.30. The van der Waals surface area contributed by atoms with Crippen molar-refractivity contribution in [2.24, 2.45) is 11.8 Å². The van der Waals surface area contributed by atoms with Crippen molar-refractivity contribution in [2.75, 3.05) is 13.1 Å². The fourth-order valence-corrected chi connectivity index (χ4v) is 3.37. The number of nitrogens with one attached hydrogen (secondary N) is 2. The summed E-state index contributed by atoms with van der Waals surface area (Å²) in [5.41, 5.74) is 3.77. The number of nitrogens with two attached hydrogens (primary N) is 1. The highest BCUT2D eigenvalue weighted by molar-refractivity contribution is 5.93. The molecular formula is C15H20N4O2. The molecule has 1 aromatic carbocycles. The van der Waals surface area contributed by atoms with Gasteiger partial charge in [-0.05, 0) is 37.1 Å². The first kappa shape index (κ1) is 14.0. The summed E-state index contributed by atoms with van der Waals surface area (Å²) < 4.78 is 0. The Balaban J connectivity index is 1.74. The van der Waals surface area contributed by atoms with Gasteiger partial charge < -0.3 is 5.32 Å². The first-order chi connectivity index (χ1) is 10.2. The fraction of sp³-hybridized carbons (Fsp3) is 0.467. The Labute approximate surface area is 123 Å². The minimum Gasteiger partial charge on any atom is -0.354 e. The highest BCUT2D eigenvalue weighted by Gasteiger charge is 2.40. The van der Waals surface area contributed by atoms with E-state index >= 15 is 0 Å². The molecule has 0 radical (unpaired) electrons. The van der Waals surface area contributed by atoms with Gasteiger partial charge in [-0.3, -0.25) is 19.9 Å². The highest BCUT2D eigenvalue weighted by Crippen LogP contribution is 2.28. The molecule has 0 bridgehead atoms. The van der Waals surface area contributed by atoms with Crippen LogP contribution in [0.15, 0.2) is 24.3 Å². The Morgan fingerprint density at radius 2 is 2.33 bits per heavy atom. The zero-order valence-corrected chi connectivity index (χ0v) is 11.8. The van der Waals surface area contributed by atoms with Crippen LogP contribution < -0.4 is 16.6 Å². The van der Waals surface area contributed by atoms with Gasteiger partial charge in [0.1, 0.15) is 0 Å². The third kappa shape index (κ3) is 2.77. The summed E-state index contributed by atoms with van der Waals surface area (Å²) in [6.07, 6.45) is 2.01. The van der Waals surface area contributed by atoms with Crippen LogP contribution >= 0.6 is 0 Å². The molecule has 4 N–H and O–H groups in total. The van der Waals surface area contributed by atoms with Crippen molar-refractivity contribution in [3.05, 3.63) is 35.4 Å². The summed E-state index contributed by atoms with van der Waals surface area (Å²) in [5, 5.41) is 2.95. The number of carbonyl (C=O) groups is 2. The molecule has 21 heavy (non-hydrogen) atoms. The molecule has 2 heterocycles. The van der Waals surface area contributed by atoms with E-state index in [1.807, 2.05) is 18.2 Å². The number of hydrazine groups is 1. The number of benzene rings is 1. The van der Waals surface area contributed by atoms with Gasteiger partial charge in [0.15, 0.2) is 0 Å². The molecule has 2 unspecified atom stereocenters. The molecule has 2 atom stereocenters. The van der Waals surface area contributed by atoms with E-state index in [-0.39, 0.29) is 23.8 Å². The Bertz CT molecular complexity index is 560. The number of likely N-dealkylation sites (tertiary alicyclic amines) is 1. The number of fused-ring (bicyclic) bond motifs is 1. The number of hydrogen-bond donors (Lipinski definition) is 3. The van der Waals surface area contributed by atoms with Gasteiger partial charge in [-0.15, -0.1) is 0 Å². The van der Waals surface area contributed by atoms with E-state index in [0.29, 0.717) is 5.56 Å². The Morgan fingerprint density at radius 1 is 1.48 bits per heavy atom. The largest absolute Gasteiger partial charge is 0.354 e. The van der Waals surface area contributed by atoms with Crippen LogP contribution in [-0.4, -0.2) is 35.8 Å².